The molecule has 1 atom stereocenters. The van der Waals surface area contributed by atoms with Gasteiger partial charge in [0.2, 0.25) is 0 Å². The van der Waals surface area contributed by atoms with Gasteiger partial charge in [0.05, 0.1) is 6.10 Å². The lowest BCUT2D eigenvalue weighted by atomic mass is 10.4. The number of hydrogen-bond acceptors (Lipinski definition) is 3. The Bertz CT molecular complexity index is 78.9. The highest BCUT2D eigenvalue weighted by Crippen LogP contribution is 1.81. The number of rotatable bonds is 2. The lowest BCUT2D eigenvalue weighted by molar-refractivity contribution is -0.143. The maximum absolute atomic E-state index is 10.0. The van der Waals surface area contributed by atoms with Crippen molar-refractivity contribution in [3.63, 3.8) is 0 Å². The van der Waals surface area contributed by atoms with Gasteiger partial charge in [0.1, 0.15) is 6.61 Å². The number of aliphatic hydroxyl groups excluding tert-OH is 1. The Morgan fingerprint density at radius 1 is 1.60 bits per heavy atom. The molecule has 0 rings (SSSR count). The van der Waals surface area contributed by atoms with Crippen molar-refractivity contribution in [2.24, 2.45) is 0 Å². The molecule has 0 aliphatic heterocycles. The molecule has 3 heteroatoms. The van der Waals surface area contributed by atoms with Crippen LogP contribution in [0.4, 0.5) is 0 Å². The van der Waals surface area contributed by atoms with Crippen LogP contribution in [0.3, 0.4) is 0 Å². The normalized spacial score (nSPS) is 10.9. The molecule has 0 aromatic heterocycles. The van der Waals surface area contributed by atoms with Crippen molar-refractivity contribution in [3.8, 4) is 0 Å². The van der Waals surface area contributed by atoms with E-state index in [9.17, 15) is 4.79 Å². The molecule has 0 spiro atoms. The van der Waals surface area contributed by atoms with E-state index in [-0.39, 0.29) is 12.6 Å². The molecule has 0 fully saturated rings. The first kappa shape index (κ1) is 12.1. The molecule has 0 saturated heterocycles. The summed E-state index contributed by atoms with van der Waals surface area (Å²) in [6.45, 7) is 6.96. The molecule has 10 heavy (non-hydrogen) atoms. The Morgan fingerprint density at radius 2 is 2.00 bits per heavy atom. The van der Waals surface area contributed by atoms with Gasteiger partial charge in [-0.05, 0) is 6.92 Å². The molecule has 0 amide bonds. The van der Waals surface area contributed by atoms with E-state index in [2.05, 4.69) is 4.74 Å². The second kappa shape index (κ2) is 8.43. The van der Waals surface area contributed by atoms with Crippen molar-refractivity contribution in [1.29, 1.82) is 0 Å². The van der Waals surface area contributed by atoms with Crippen LogP contribution < -0.4 is 0 Å². The zero-order chi connectivity index (χ0) is 8.57. The van der Waals surface area contributed by atoms with Crippen molar-refractivity contribution in [1.82, 2.24) is 0 Å². The number of ether oxygens (including phenoxy) is 1. The maximum atomic E-state index is 10.0. The van der Waals surface area contributed by atoms with E-state index < -0.39 is 6.10 Å². The Morgan fingerprint density at radius 3 is 2.10 bits per heavy atom. The van der Waals surface area contributed by atoms with Gasteiger partial charge in [-0.3, -0.25) is 4.79 Å². The molecule has 0 bridgehead atoms. The van der Waals surface area contributed by atoms with E-state index >= 15 is 0 Å². The van der Waals surface area contributed by atoms with Crippen LogP contribution in [-0.2, 0) is 9.53 Å². The van der Waals surface area contributed by atoms with E-state index in [0.29, 0.717) is 0 Å². The average molecular weight is 148 g/mol. The van der Waals surface area contributed by atoms with Gasteiger partial charge in [-0.15, -0.1) is 0 Å². The average Bonchev–Trinajstić information content (AvgIpc) is 1.89. The third-order valence-corrected chi connectivity index (χ3v) is 0.528. The van der Waals surface area contributed by atoms with Crippen molar-refractivity contribution in [2.75, 3.05) is 6.61 Å². The van der Waals surface area contributed by atoms with E-state index in [1.54, 1.807) is 6.92 Å². The molecular weight excluding hydrogens is 132 g/mol. The topological polar surface area (TPSA) is 46.5 Å². The van der Waals surface area contributed by atoms with Gasteiger partial charge in [0.25, 0.3) is 0 Å². The zero-order valence-electron chi connectivity index (χ0n) is 7.05. The fourth-order valence-electron chi connectivity index (χ4n) is 0.238. The summed E-state index contributed by atoms with van der Waals surface area (Å²) in [5.41, 5.74) is 0. The lowest BCUT2D eigenvalue weighted by Gasteiger charge is -2.01. The zero-order valence-corrected chi connectivity index (χ0v) is 7.05. The van der Waals surface area contributed by atoms with Crippen LogP contribution >= 0.6 is 0 Å². The highest BCUT2D eigenvalue weighted by molar-refractivity contribution is 5.65. The molecular formula is C7H16O3. The summed E-state index contributed by atoms with van der Waals surface area (Å²) in [4.78, 5) is 10.0. The van der Waals surface area contributed by atoms with Gasteiger partial charge in [-0.25, -0.2) is 0 Å². The van der Waals surface area contributed by atoms with Gasteiger partial charge in [0, 0.05) is 6.92 Å². The molecule has 0 aromatic carbocycles. The second-order valence-corrected chi connectivity index (χ2v) is 1.65. The first-order valence-electron chi connectivity index (χ1n) is 3.44. The molecule has 1 unspecified atom stereocenters. The van der Waals surface area contributed by atoms with Gasteiger partial charge < -0.3 is 9.84 Å². The fraction of sp³-hybridized carbons (Fsp3) is 0.857. The summed E-state index contributed by atoms with van der Waals surface area (Å²) < 4.78 is 4.41. The largest absolute Gasteiger partial charge is 0.463 e. The van der Waals surface area contributed by atoms with E-state index in [1.807, 2.05) is 13.8 Å². The first-order valence-corrected chi connectivity index (χ1v) is 3.44. The molecule has 1 N–H and O–H groups in total. The minimum Gasteiger partial charge on any atom is -0.463 e. The van der Waals surface area contributed by atoms with E-state index in [1.165, 1.54) is 6.92 Å². The summed E-state index contributed by atoms with van der Waals surface area (Å²) in [7, 11) is 0. The number of esters is 1. The van der Waals surface area contributed by atoms with Gasteiger partial charge in [-0.1, -0.05) is 13.8 Å². The van der Waals surface area contributed by atoms with Crippen LogP contribution in [0.25, 0.3) is 0 Å². The van der Waals surface area contributed by atoms with Crippen molar-refractivity contribution in [2.45, 2.75) is 33.8 Å². The highest BCUT2D eigenvalue weighted by Gasteiger charge is 1.96. The SMILES string of the molecule is CC.CC(=O)OCC(C)O. The maximum Gasteiger partial charge on any atom is 0.302 e. The van der Waals surface area contributed by atoms with E-state index in [4.69, 9.17) is 5.11 Å². The summed E-state index contributed by atoms with van der Waals surface area (Å²) in [6, 6.07) is 0. The highest BCUT2D eigenvalue weighted by atomic mass is 16.5. The Kier molecular flexibility index (Phi) is 10.2. The van der Waals surface area contributed by atoms with Crippen LogP contribution in [0.1, 0.15) is 27.7 Å². The van der Waals surface area contributed by atoms with Gasteiger partial charge in [0.15, 0.2) is 0 Å². The van der Waals surface area contributed by atoms with Crippen molar-refractivity contribution >= 4 is 5.97 Å². The quantitative estimate of drug-likeness (QED) is 0.593. The fourth-order valence-corrected chi connectivity index (χ4v) is 0.238. The lowest BCUT2D eigenvalue weighted by Crippen LogP contribution is -2.12. The predicted molar refractivity (Wildman–Crippen MR) is 39.7 cm³/mol. The number of hydrogen-bond donors (Lipinski definition) is 1. The molecule has 3 nitrogen and oxygen atoms in total. The molecule has 0 saturated carbocycles. The van der Waals surface area contributed by atoms with Gasteiger partial charge in [-0.2, -0.15) is 0 Å². The smallest absolute Gasteiger partial charge is 0.302 e. The predicted octanol–water partition coefficient (Wildman–Crippen LogP) is 0.956. The molecule has 0 aliphatic carbocycles. The van der Waals surface area contributed by atoms with Crippen molar-refractivity contribution in [3.05, 3.63) is 0 Å². The number of carbonyl (C=O) groups is 1. The summed E-state index contributed by atoms with van der Waals surface area (Å²) >= 11 is 0. The Balaban J connectivity index is 0. The van der Waals surface area contributed by atoms with Crippen LogP contribution in [0.15, 0.2) is 0 Å². The molecule has 0 radical (unpaired) electrons. The monoisotopic (exact) mass is 148 g/mol. The van der Waals surface area contributed by atoms with Crippen LogP contribution in [0.2, 0.25) is 0 Å². The summed E-state index contributed by atoms with van der Waals surface area (Å²) in [5, 5.41) is 8.52. The third-order valence-electron chi connectivity index (χ3n) is 0.528. The van der Waals surface area contributed by atoms with Crippen LogP contribution in [-0.4, -0.2) is 23.8 Å². The molecule has 0 aliphatic rings. The third kappa shape index (κ3) is 15.7. The van der Waals surface area contributed by atoms with Crippen molar-refractivity contribution < 1.29 is 14.6 Å². The first-order chi connectivity index (χ1) is 4.63. The standard InChI is InChI=1S/C5H10O3.C2H6/c1-4(6)3-8-5(2)7;1-2/h4,6H,3H2,1-2H3;1-2H3. The Hall–Kier alpha value is -0.570. The number of carbonyl (C=O) groups excluding carboxylic acids is 1. The summed E-state index contributed by atoms with van der Waals surface area (Å²) in [5.74, 6) is -0.356. The molecule has 62 valence electrons. The second-order valence-electron chi connectivity index (χ2n) is 1.65. The molecule has 0 heterocycles. The molecule has 0 aromatic rings. The van der Waals surface area contributed by atoms with Crippen LogP contribution in [0.5, 0.6) is 0 Å². The van der Waals surface area contributed by atoms with E-state index in [0.717, 1.165) is 0 Å². The minimum atomic E-state index is -0.557. The van der Waals surface area contributed by atoms with Gasteiger partial charge >= 0.3 is 5.97 Å². The summed E-state index contributed by atoms with van der Waals surface area (Å²) in [6.07, 6.45) is -0.557. The van der Waals surface area contributed by atoms with Crippen LogP contribution in [0, 0.1) is 0 Å². The number of aliphatic hydroxyl groups is 1. The minimum absolute atomic E-state index is 0.0926. The Labute approximate surface area is 62.0 Å².